The third-order valence-corrected chi connectivity index (χ3v) is 4.08. The van der Waals surface area contributed by atoms with Crippen LogP contribution in [0.4, 0.5) is 5.69 Å². The molecule has 110 valence electrons. The highest BCUT2D eigenvalue weighted by Gasteiger charge is 2.09. The van der Waals surface area contributed by atoms with Crippen molar-refractivity contribution in [2.45, 2.75) is 13.8 Å². The lowest BCUT2D eigenvalue weighted by Crippen LogP contribution is -2.20. The van der Waals surface area contributed by atoms with Gasteiger partial charge < -0.3 is 10.1 Å². The van der Waals surface area contributed by atoms with E-state index in [0.717, 1.165) is 30.6 Å². The van der Waals surface area contributed by atoms with Crippen LogP contribution in [0.25, 0.3) is 0 Å². The minimum Gasteiger partial charge on any atom is -0.483 e. The van der Waals surface area contributed by atoms with Gasteiger partial charge in [0, 0.05) is 13.7 Å². The molecular weight excluding hydrogens is 445 g/mol. The molecule has 2 aromatic carbocycles. The normalized spacial score (nSPS) is 10.3. The van der Waals surface area contributed by atoms with E-state index in [0.29, 0.717) is 0 Å². The van der Waals surface area contributed by atoms with E-state index in [1.54, 1.807) is 0 Å². The maximum atomic E-state index is 11.9. The van der Waals surface area contributed by atoms with E-state index in [9.17, 15) is 4.79 Å². The molecule has 0 radical (unpaired) electrons. The fourth-order valence-corrected chi connectivity index (χ4v) is 3.04. The zero-order valence-corrected chi connectivity index (χ0v) is 15.5. The quantitative estimate of drug-likeness (QED) is 0.673. The molecular formula is C16H15BrINO2. The van der Waals surface area contributed by atoms with Crippen molar-refractivity contribution < 1.29 is 9.53 Å². The molecule has 0 fully saturated rings. The number of hydrogen-bond donors (Lipinski definition) is 1. The molecule has 0 saturated heterocycles. The number of carbonyl (C=O) groups is 1. The Morgan fingerprint density at radius 1 is 1.19 bits per heavy atom. The van der Waals surface area contributed by atoms with Crippen molar-refractivity contribution in [1.82, 2.24) is 0 Å². The number of ether oxygens (including phenoxy) is 1. The predicted molar refractivity (Wildman–Crippen MR) is 96.9 cm³/mol. The van der Waals surface area contributed by atoms with Gasteiger partial charge in [-0.3, -0.25) is 4.79 Å². The van der Waals surface area contributed by atoms with Gasteiger partial charge in [-0.05, 0) is 84.0 Å². The number of aryl methyl sites for hydroxylation is 2. The highest BCUT2D eigenvalue weighted by molar-refractivity contribution is 14.1. The number of halogens is 2. The van der Waals surface area contributed by atoms with Crippen LogP contribution in [0.5, 0.6) is 5.75 Å². The number of amides is 1. The van der Waals surface area contributed by atoms with Crippen LogP contribution in [0.3, 0.4) is 0 Å². The molecule has 0 aliphatic heterocycles. The summed E-state index contributed by atoms with van der Waals surface area (Å²) in [6.45, 7) is 3.92. The molecule has 0 atom stereocenters. The molecule has 0 aliphatic rings. The van der Waals surface area contributed by atoms with Crippen LogP contribution in [0.2, 0.25) is 0 Å². The van der Waals surface area contributed by atoms with Gasteiger partial charge in [0.25, 0.3) is 5.91 Å². The van der Waals surface area contributed by atoms with Crippen LogP contribution >= 0.6 is 38.5 Å². The van der Waals surface area contributed by atoms with E-state index in [1.165, 1.54) is 0 Å². The summed E-state index contributed by atoms with van der Waals surface area (Å²) in [7, 11) is 0. The minimum atomic E-state index is -0.169. The van der Waals surface area contributed by atoms with E-state index >= 15 is 0 Å². The molecule has 0 bridgehead atoms. The average Bonchev–Trinajstić information content (AvgIpc) is 2.40. The summed E-state index contributed by atoms with van der Waals surface area (Å²) >= 11 is 5.66. The van der Waals surface area contributed by atoms with Crippen LogP contribution in [0.1, 0.15) is 11.1 Å². The molecule has 1 N–H and O–H groups in total. The number of anilines is 1. The molecule has 0 heterocycles. The van der Waals surface area contributed by atoms with Crippen LogP contribution in [-0.2, 0) is 4.79 Å². The summed E-state index contributed by atoms with van der Waals surface area (Å²) in [5, 5.41) is 2.81. The molecule has 0 aliphatic carbocycles. The molecule has 2 aromatic rings. The number of benzene rings is 2. The van der Waals surface area contributed by atoms with Crippen LogP contribution < -0.4 is 10.1 Å². The first kappa shape index (κ1) is 16.3. The van der Waals surface area contributed by atoms with E-state index < -0.39 is 0 Å². The fraction of sp³-hybridized carbons (Fsp3) is 0.188. The van der Waals surface area contributed by atoms with E-state index in [-0.39, 0.29) is 12.5 Å². The summed E-state index contributed by atoms with van der Waals surface area (Å²) in [6.07, 6.45) is 0. The van der Waals surface area contributed by atoms with Crippen molar-refractivity contribution in [3.63, 3.8) is 0 Å². The second-order valence-electron chi connectivity index (χ2n) is 4.71. The molecule has 0 aromatic heterocycles. The lowest BCUT2D eigenvalue weighted by Gasteiger charge is -2.12. The third-order valence-electron chi connectivity index (χ3n) is 2.90. The highest BCUT2D eigenvalue weighted by atomic mass is 127. The van der Waals surface area contributed by atoms with Crippen molar-refractivity contribution >= 4 is 50.1 Å². The van der Waals surface area contributed by atoms with Gasteiger partial charge in [-0.15, -0.1) is 0 Å². The number of hydrogen-bond acceptors (Lipinski definition) is 2. The summed E-state index contributed by atoms with van der Waals surface area (Å²) in [5.74, 6) is 0.592. The van der Waals surface area contributed by atoms with Crippen LogP contribution in [-0.4, -0.2) is 12.5 Å². The van der Waals surface area contributed by atoms with Crippen molar-refractivity contribution in [2.24, 2.45) is 0 Å². The van der Waals surface area contributed by atoms with Crippen molar-refractivity contribution in [3.05, 3.63) is 55.6 Å². The smallest absolute Gasteiger partial charge is 0.262 e. The maximum Gasteiger partial charge on any atom is 0.262 e. The summed E-state index contributed by atoms with van der Waals surface area (Å²) in [6, 6.07) is 11.6. The minimum absolute atomic E-state index is 0.00466. The number of carbonyl (C=O) groups excluding carboxylic acids is 1. The van der Waals surface area contributed by atoms with Crippen molar-refractivity contribution in [1.29, 1.82) is 0 Å². The summed E-state index contributed by atoms with van der Waals surface area (Å²) < 4.78 is 7.78. The Kier molecular flexibility index (Phi) is 5.64. The van der Waals surface area contributed by atoms with Crippen molar-refractivity contribution in [3.8, 4) is 5.75 Å². The Bertz CT molecular complexity index is 633. The molecule has 3 nitrogen and oxygen atoms in total. The van der Waals surface area contributed by atoms with Gasteiger partial charge >= 0.3 is 0 Å². The van der Waals surface area contributed by atoms with Gasteiger partial charge in [-0.1, -0.05) is 15.9 Å². The monoisotopic (exact) mass is 459 g/mol. The van der Waals surface area contributed by atoms with E-state index in [1.807, 2.05) is 50.2 Å². The molecule has 0 spiro atoms. The molecule has 21 heavy (non-hydrogen) atoms. The Labute approximate surface area is 146 Å². The summed E-state index contributed by atoms with van der Waals surface area (Å²) in [5.41, 5.74) is 2.78. The zero-order chi connectivity index (χ0) is 15.4. The Morgan fingerprint density at radius 2 is 1.76 bits per heavy atom. The molecule has 2 rings (SSSR count). The van der Waals surface area contributed by atoms with Gasteiger partial charge in [0.05, 0.1) is 0 Å². The maximum absolute atomic E-state index is 11.9. The Morgan fingerprint density at radius 3 is 2.33 bits per heavy atom. The van der Waals surface area contributed by atoms with Gasteiger partial charge in [0.2, 0.25) is 0 Å². The third kappa shape index (κ3) is 4.71. The van der Waals surface area contributed by atoms with Gasteiger partial charge in [0.15, 0.2) is 6.61 Å². The van der Waals surface area contributed by atoms with Gasteiger partial charge in [0.1, 0.15) is 5.75 Å². The number of nitrogens with one attached hydrogen (secondary N) is 1. The predicted octanol–water partition coefficient (Wildman–Crippen LogP) is 4.69. The zero-order valence-electron chi connectivity index (χ0n) is 11.7. The van der Waals surface area contributed by atoms with Crippen LogP contribution in [0, 0.1) is 17.4 Å². The fourth-order valence-electron chi connectivity index (χ4n) is 1.99. The first-order chi connectivity index (χ1) is 9.95. The largest absolute Gasteiger partial charge is 0.483 e. The van der Waals surface area contributed by atoms with E-state index in [2.05, 4.69) is 43.8 Å². The first-order valence-electron chi connectivity index (χ1n) is 6.40. The lowest BCUT2D eigenvalue weighted by atomic mass is 10.1. The summed E-state index contributed by atoms with van der Waals surface area (Å²) in [4.78, 5) is 11.9. The standard InChI is InChI=1S/C16H15BrINO2/c1-10-7-12(17)8-11(2)16(10)21-9-15(20)19-14-5-3-13(18)4-6-14/h3-8H,9H2,1-2H3,(H,19,20). The first-order valence-corrected chi connectivity index (χ1v) is 8.28. The molecule has 0 unspecified atom stereocenters. The van der Waals surface area contributed by atoms with Gasteiger partial charge in [-0.2, -0.15) is 0 Å². The molecule has 0 saturated carbocycles. The SMILES string of the molecule is Cc1cc(Br)cc(C)c1OCC(=O)Nc1ccc(I)cc1. The second kappa shape index (κ2) is 7.26. The highest BCUT2D eigenvalue weighted by Crippen LogP contribution is 2.27. The average molecular weight is 460 g/mol. The van der Waals surface area contributed by atoms with Gasteiger partial charge in [-0.25, -0.2) is 0 Å². The Hall–Kier alpha value is -1.08. The number of rotatable bonds is 4. The van der Waals surface area contributed by atoms with E-state index in [4.69, 9.17) is 4.74 Å². The molecule has 5 heteroatoms. The van der Waals surface area contributed by atoms with Crippen LogP contribution in [0.15, 0.2) is 40.9 Å². The van der Waals surface area contributed by atoms with Crippen molar-refractivity contribution in [2.75, 3.05) is 11.9 Å². The molecule has 1 amide bonds. The topological polar surface area (TPSA) is 38.3 Å². The second-order valence-corrected chi connectivity index (χ2v) is 6.87. The Balaban J connectivity index is 1.97. The lowest BCUT2D eigenvalue weighted by molar-refractivity contribution is -0.118.